The Morgan fingerprint density at radius 3 is 2.33 bits per heavy atom. The molecule has 0 saturated carbocycles. The molecule has 3 aliphatic heterocycles. The normalized spacial score (nSPS) is 28.5. The number of fused-ring (bicyclic) bond motifs is 5. The second-order valence-electron chi connectivity index (χ2n) is 8.92. The SMILES string of the molecule is CCN1CC2C3C(=O)N(C)C(=O)C3[C@](Cc3ccccc3)(C1=O)N2C(=O)c1ccc(Br)cc1. The number of hydrogen-bond donors (Lipinski definition) is 0. The zero-order valence-electron chi connectivity index (χ0n) is 18.4. The van der Waals surface area contributed by atoms with E-state index >= 15 is 0 Å². The van der Waals surface area contributed by atoms with E-state index in [2.05, 4.69) is 15.9 Å². The summed E-state index contributed by atoms with van der Waals surface area (Å²) < 4.78 is 0.830. The summed E-state index contributed by atoms with van der Waals surface area (Å²) in [6.45, 7) is 2.57. The summed E-state index contributed by atoms with van der Waals surface area (Å²) in [6, 6.07) is 15.8. The quantitative estimate of drug-likeness (QED) is 0.592. The molecule has 4 atom stereocenters. The zero-order valence-corrected chi connectivity index (χ0v) is 20.0. The second-order valence-corrected chi connectivity index (χ2v) is 9.83. The Morgan fingerprint density at radius 1 is 1.03 bits per heavy atom. The van der Waals surface area contributed by atoms with Crippen molar-refractivity contribution in [3.05, 3.63) is 70.2 Å². The zero-order chi connectivity index (χ0) is 23.5. The van der Waals surface area contributed by atoms with Crippen LogP contribution in [0.2, 0.25) is 0 Å². The molecule has 0 spiro atoms. The molecule has 0 aromatic heterocycles. The lowest BCUT2D eigenvalue weighted by Gasteiger charge is -2.49. The number of likely N-dealkylation sites (N-methyl/N-ethyl adjacent to an activating group) is 1. The average molecular weight is 510 g/mol. The lowest BCUT2D eigenvalue weighted by atomic mass is 9.75. The van der Waals surface area contributed by atoms with Crippen molar-refractivity contribution in [2.75, 3.05) is 20.1 Å². The highest BCUT2D eigenvalue weighted by atomic mass is 79.9. The number of imide groups is 1. The summed E-state index contributed by atoms with van der Waals surface area (Å²) in [6.07, 6.45) is 0.177. The lowest BCUT2D eigenvalue weighted by Crippen LogP contribution is -2.70. The molecule has 7 nitrogen and oxygen atoms in total. The van der Waals surface area contributed by atoms with Gasteiger partial charge in [0.05, 0.1) is 17.9 Å². The molecule has 3 heterocycles. The van der Waals surface area contributed by atoms with Crippen LogP contribution in [0.1, 0.15) is 22.8 Å². The van der Waals surface area contributed by atoms with Crippen LogP contribution in [-0.4, -0.2) is 70.0 Å². The lowest BCUT2D eigenvalue weighted by molar-refractivity contribution is -0.155. The van der Waals surface area contributed by atoms with Crippen molar-refractivity contribution in [3.8, 4) is 0 Å². The minimum Gasteiger partial charge on any atom is -0.339 e. The minimum absolute atomic E-state index is 0.177. The first-order valence-corrected chi connectivity index (χ1v) is 11.8. The molecular weight excluding hydrogens is 486 g/mol. The van der Waals surface area contributed by atoms with Gasteiger partial charge in [-0.15, -0.1) is 0 Å². The first kappa shape index (κ1) is 21.8. The van der Waals surface area contributed by atoms with Crippen LogP contribution in [0.5, 0.6) is 0 Å². The standard InChI is InChI=1S/C25H24BrN3O4/c1-3-28-14-18-19-20(23(32)27(2)22(19)31)25(24(28)33,13-15-7-5-4-6-8-15)29(18)21(30)16-9-11-17(26)12-10-16/h4-12,18-20H,3,13-14H2,1-2H3/t18?,19?,20?,25-/m1/s1. The van der Waals surface area contributed by atoms with Crippen molar-refractivity contribution >= 4 is 39.6 Å². The molecular formula is C25H24BrN3O4. The Labute approximate surface area is 200 Å². The van der Waals surface area contributed by atoms with E-state index in [1.54, 1.807) is 34.1 Å². The van der Waals surface area contributed by atoms with Gasteiger partial charge in [-0.3, -0.25) is 24.1 Å². The van der Waals surface area contributed by atoms with E-state index in [0.29, 0.717) is 12.1 Å². The maximum absolute atomic E-state index is 14.1. The van der Waals surface area contributed by atoms with Gasteiger partial charge in [-0.05, 0) is 36.8 Å². The summed E-state index contributed by atoms with van der Waals surface area (Å²) in [7, 11) is 1.47. The smallest absolute Gasteiger partial charge is 0.255 e. The molecule has 4 amide bonds. The number of likely N-dealkylation sites (tertiary alicyclic amines) is 2. The van der Waals surface area contributed by atoms with Gasteiger partial charge in [0.2, 0.25) is 17.7 Å². The molecule has 2 bridgehead atoms. The summed E-state index contributed by atoms with van der Waals surface area (Å²) in [5.74, 6) is -2.92. The first-order valence-electron chi connectivity index (χ1n) is 11.0. The minimum atomic E-state index is -1.45. The molecule has 170 valence electrons. The largest absolute Gasteiger partial charge is 0.339 e. The van der Waals surface area contributed by atoms with Crippen LogP contribution >= 0.6 is 15.9 Å². The van der Waals surface area contributed by atoms with Crippen molar-refractivity contribution in [3.63, 3.8) is 0 Å². The summed E-state index contributed by atoms with van der Waals surface area (Å²) in [5.41, 5.74) is -0.190. The Balaban J connectivity index is 1.72. The fourth-order valence-corrected chi connectivity index (χ4v) is 6.12. The highest BCUT2D eigenvalue weighted by molar-refractivity contribution is 9.10. The van der Waals surface area contributed by atoms with Gasteiger partial charge >= 0.3 is 0 Å². The van der Waals surface area contributed by atoms with E-state index in [1.807, 2.05) is 37.3 Å². The fourth-order valence-electron chi connectivity index (χ4n) is 5.86. The molecule has 0 aliphatic carbocycles. The maximum Gasteiger partial charge on any atom is 0.255 e. The molecule has 8 heteroatoms. The van der Waals surface area contributed by atoms with Crippen LogP contribution in [0.15, 0.2) is 59.1 Å². The number of carbonyl (C=O) groups excluding carboxylic acids is 4. The number of nitrogens with zero attached hydrogens (tertiary/aromatic N) is 3. The van der Waals surface area contributed by atoms with Gasteiger partial charge < -0.3 is 9.80 Å². The maximum atomic E-state index is 14.1. The van der Waals surface area contributed by atoms with Crippen LogP contribution in [0, 0.1) is 11.8 Å². The highest BCUT2D eigenvalue weighted by Gasteiger charge is 2.74. The van der Waals surface area contributed by atoms with Crippen molar-refractivity contribution in [1.29, 1.82) is 0 Å². The van der Waals surface area contributed by atoms with E-state index in [4.69, 9.17) is 0 Å². The van der Waals surface area contributed by atoms with Crippen LogP contribution in [0.25, 0.3) is 0 Å². The van der Waals surface area contributed by atoms with Crippen molar-refractivity contribution in [1.82, 2.24) is 14.7 Å². The number of carbonyl (C=O) groups is 4. The number of rotatable bonds is 4. The number of hydrogen-bond acceptors (Lipinski definition) is 4. The third-order valence-corrected chi connectivity index (χ3v) is 7.86. The number of amides is 4. The highest BCUT2D eigenvalue weighted by Crippen LogP contribution is 2.53. The third-order valence-electron chi connectivity index (χ3n) is 7.34. The Bertz CT molecular complexity index is 1150. The van der Waals surface area contributed by atoms with E-state index in [1.165, 1.54) is 7.05 Å². The topological polar surface area (TPSA) is 78.0 Å². The predicted octanol–water partition coefficient (Wildman–Crippen LogP) is 2.35. The Morgan fingerprint density at radius 2 is 1.70 bits per heavy atom. The summed E-state index contributed by atoms with van der Waals surface area (Å²) in [4.78, 5) is 59.1. The van der Waals surface area contributed by atoms with Crippen molar-refractivity contribution in [2.24, 2.45) is 11.8 Å². The van der Waals surface area contributed by atoms with Gasteiger partial charge in [0, 0.05) is 36.6 Å². The average Bonchev–Trinajstić information content (AvgIpc) is 3.19. The molecule has 3 fully saturated rings. The molecule has 3 unspecified atom stereocenters. The van der Waals surface area contributed by atoms with Crippen molar-refractivity contribution < 1.29 is 19.2 Å². The predicted molar refractivity (Wildman–Crippen MR) is 124 cm³/mol. The van der Waals surface area contributed by atoms with Crippen LogP contribution in [-0.2, 0) is 20.8 Å². The van der Waals surface area contributed by atoms with Gasteiger partial charge in [0.1, 0.15) is 5.54 Å². The fraction of sp³-hybridized carbons (Fsp3) is 0.360. The van der Waals surface area contributed by atoms with E-state index in [0.717, 1.165) is 14.9 Å². The van der Waals surface area contributed by atoms with Crippen LogP contribution < -0.4 is 0 Å². The van der Waals surface area contributed by atoms with Gasteiger partial charge in [0.25, 0.3) is 5.91 Å². The van der Waals surface area contributed by atoms with Crippen LogP contribution in [0.4, 0.5) is 0 Å². The number of benzene rings is 2. The van der Waals surface area contributed by atoms with Gasteiger partial charge in [-0.1, -0.05) is 46.3 Å². The van der Waals surface area contributed by atoms with E-state index < -0.39 is 23.4 Å². The monoisotopic (exact) mass is 509 g/mol. The molecule has 3 saturated heterocycles. The summed E-state index contributed by atoms with van der Waals surface area (Å²) >= 11 is 3.39. The summed E-state index contributed by atoms with van der Waals surface area (Å²) in [5, 5.41) is 0. The molecule has 3 aliphatic rings. The Hall–Kier alpha value is -3.00. The second kappa shape index (κ2) is 7.80. The molecule has 0 radical (unpaired) electrons. The third kappa shape index (κ3) is 3.00. The molecule has 0 N–H and O–H groups in total. The molecule has 33 heavy (non-hydrogen) atoms. The molecule has 2 aromatic carbocycles. The first-order chi connectivity index (χ1) is 15.8. The number of piperazine rings is 1. The molecule has 5 rings (SSSR count). The van der Waals surface area contributed by atoms with Crippen molar-refractivity contribution in [2.45, 2.75) is 24.9 Å². The van der Waals surface area contributed by atoms with E-state index in [9.17, 15) is 19.2 Å². The van der Waals surface area contributed by atoms with Gasteiger partial charge in [-0.25, -0.2) is 0 Å². The number of halogens is 1. The van der Waals surface area contributed by atoms with E-state index in [-0.39, 0.29) is 36.6 Å². The van der Waals surface area contributed by atoms with Gasteiger partial charge in [-0.2, -0.15) is 0 Å². The van der Waals surface area contributed by atoms with Crippen LogP contribution in [0.3, 0.4) is 0 Å². The van der Waals surface area contributed by atoms with Gasteiger partial charge in [0.15, 0.2) is 0 Å². The molecule has 2 aromatic rings. The Kier molecular flexibility index (Phi) is 5.16.